The largest absolute Gasteiger partial charge is 0.496 e. The molecule has 0 aliphatic carbocycles. The summed E-state index contributed by atoms with van der Waals surface area (Å²) in [7, 11) is 1.53. The van der Waals surface area contributed by atoms with Crippen molar-refractivity contribution in [3.8, 4) is 5.75 Å². The molecule has 5 rings (SSSR count). The Morgan fingerprint density at radius 2 is 1.91 bits per heavy atom. The number of nitrogens with zero attached hydrogens (tertiary/aromatic N) is 2. The normalized spacial score (nSPS) is 14.5. The van der Waals surface area contributed by atoms with Crippen LogP contribution in [0.1, 0.15) is 23.2 Å². The molecule has 0 bridgehead atoms. The van der Waals surface area contributed by atoms with Gasteiger partial charge in [0.15, 0.2) is 5.13 Å². The predicted molar refractivity (Wildman–Crippen MR) is 132 cm³/mol. The molecule has 0 radical (unpaired) electrons. The number of likely N-dealkylation sites (tertiary alicyclic amines) is 1. The molecule has 1 aliphatic heterocycles. The first-order valence-corrected chi connectivity index (χ1v) is 11.9. The van der Waals surface area contributed by atoms with Crippen molar-refractivity contribution in [3.05, 3.63) is 65.2 Å². The zero-order chi connectivity index (χ0) is 22.9. The molecule has 8 heteroatoms. The number of halogens is 1. The Bertz CT molecular complexity index is 1360. The fourth-order valence-corrected chi connectivity index (χ4v) is 5.45. The average Bonchev–Trinajstić information content (AvgIpc) is 3.26. The van der Waals surface area contributed by atoms with Crippen LogP contribution in [0.5, 0.6) is 5.75 Å². The van der Waals surface area contributed by atoms with E-state index >= 15 is 0 Å². The number of fused-ring (bicyclic) bond motifs is 3. The summed E-state index contributed by atoms with van der Waals surface area (Å²) < 4.78 is 6.38. The maximum Gasteiger partial charge on any atom is 0.257 e. The SMILES string of the molecule is COc1ccc(Cl)cc1C(=O)N1CCC(C(=O)Nc2nc3ccc4ccccc4c3s2)CC1. The molecule has 6 nitrogen and oxygen atoms in total. The molecule has 4 aromatic rings. The highest BCUT2D eigenvalue weighted by Crippen LogP contribution is 2.33. The third-order valence-corrected chi connectivity index (χ3v) is 7.31. The molecular formula is C25H22ClN3O3S. The molecular weight excluding hydrogens is 458 g/mol. The van der Waals surface area contributed by atoms with Gasteiger partial charge in [0.1, 0.15) is 5.75 Å². The maximum absolute atomic E-state index is 13.0. The van der Waals surface area contributed by atoms with Gasteiger partial charge >= 0.3 is 0 Å². The van der Waals surface area contributed by atoms with Crippen LogP contribution in [0.2, 0.25) is 5.02 Å². The number of hydrogen-bond donors (Lipinski definition) is 1. The minimum atomic E-state index is -0.168. The Kier molecular flexibility index (Phi) is 5.91. The minimum Gasteiger partial charge on any atom is -0.496 e. The van der Waals surface area contributed by atoms with E-state index in [-0.39, 0.29) is 17.7 Å². The first kappa shape index (κ1) is 21.7. The molecule has 0 atom stereocenters. The first-order valence-electron chi connectivity index (χ1n) is 10.8. The number of thiazole rings is 1. The maximum atomic E-state index is 13.0. The van der Waals surface area contributed by atoms with E-state index in [9.17, 15) is 9.59 Å². The average molecular weight is 480 g/mol. The van der Waals surface area contributed by atoms with Crippen LogP contribution < -0.4 is 10.1 Å². The predicted octanol–water partition coefficient (Wildman–Crippen LogP) is 5.60. The number of carbonyl (C=O) groups is 2. The van der Waals surface area contributed by atoms with Crippen LogP contribution >= 0.6 is 22.9 Å². The highest BCUT2D eigenvalue weighted by atomic mass is 35.5. The van der Waals surface area contributed by atoms with Crippen LogP contribution in [0.4, 0.5) is 5.13 Å². The van der Waals surface area contributed by atoms with Crippen molar-refractivity contribution in [2.24, 2.45) is 5.92 Å². The van der Waals surface area contributed by atoms with E-state index in [1.807, 2.05) is 24.3 Å². The summed E-state index contributed by atoms with van der Waals surface area (Å²) >= 11 is 7.57. The van der Waals surface area contributed by atoms with Crippen molar-refractivity contribution >= 4 is 60.9 Å². The van der Waals surface area contributed by atoms with Crippen molar-refractivity contribution in [1.29, 1.82) is 0 Å². The summed E-state index contributed by atoms with van der Waals surface area (Å²) in [6.07, 6.45) is 1.18. The summed E-state index contributed by atoms with van der Waals surface area (Å²) in [5.74, 6) is 0.142. The molecule has 1 N–H and O–H groups in total. The summed E-state index contributed by atoms with van der Waals surface area (Å²) in [4.78, 5) is 32.3. The van der Waals surface area contributed by atoms with E-state index in [4.69, 9.17) is 16.3 Å². The van der Waals surface area contributed by atoms with Crippen molar-refractivity contribution in [1.82, 2.24) is 9.88 Å². The molecule has 0 saturated carbocycles. The highest BCUT2D eigenvalue weighted by molar-refractivity contribution is 7.23. The van der Waals surface area contributed by atoms with Gasteiger partial charge in [0.2, 0.25) is 5.91 Å². The van der Waals surface area contributed by atoms with Gasteiger partial charge in [-0.05, 0) is 42.5 Å². The smallest absolute Gasteiger partial charge is 0.257 e. The molecule has 2 amide bonds. The molecule has 33 heavy (non-hydrogen) atoms. The lowest BCUT2D eigenvalue weighted by Gasteiger charge is -2.31. The fourth-order valence-electron chi connectivity index (χ4n) is 4.28. The lowest BCUT2D eigenvalue weighted by Crippen LogP contribution is -2.41. The van der Waals surface area contributed by atoms with E-state index < -0.39 is 0 Å². The quantitative estimate of drug-likeness (QED) is 0.413. The van der Waals surface area contributed by atoms with Crippen LogP contribution in [-0.4, -0.2) is 41.9 Å². The van der Waals surface area contributed by atoms with Gasteiger partial charge in [0, 0.05) is 29.4 Å². The number of hydrogen-bond acceptors (Lipinski definition) is 5. The molecule has 2 heterocycles. The number of rotatable bonds is 4. The lowest BCUT2D eigenvalue weighted by molar-refractivity contribution is -0.121. The molecule has 3 aromatic carbocycles. The minimum absolute atomic E-state index is 0.0502. The molecule has 168 valence electrons. The number of aromatic nitrogens is 1. The van der Waals surface area contributed by atoms with Crippen molar-refractivity contribution in [3.63, 3.8) is 0 Å². The number of nitrogens with one attached hydrogen (secondary N) is 1. The molecule has 1 aliphatic rings. The van der Waals surface area contributed by atoms with Crippen molar-refractivity contribution < 1.29 is 14.3 Å². The van der Waals surface area contributed by atoms with Crippen molar-refractivity contribution in [2.45, 2.75) is 12.8 Å². The Hall–Kier alpha value is -3.16. The van der Waals surface area contributed by atoms with Gasteiger partial charge in [0.05, 0.1) is 22.9 Å². The topological polar surface area (TPSA) is 71.5 Å². The number of amides is 2. The number of carbonyl (C=O) groups excluding carboxylic acids is 2. The van der Waals surface area contributed by atoms with Gasteiger partial charge in [-0.15, -0.1) is 0 Å². The number of benzene rings is 3. The zero-order valence-corrected chi connectivity index (χ0v) is 19.6. The highest BCUT2D eigenvalue weighted by Gasteiger charge is 2.29. The summed E-state index contributed by atoms with van der Waals surface area (Å²) in [5.41, 5.74) is 1.32. The Labute approximate surface area is 200 Å². The van der Waals surface area contributed by atoms with Gasteiger partial charge < -0.3 is 15.0 Å². The van der Waals surface area contributed by atoms with E-state index in [2.05, 4.69) is 22.4 Å². The standard InChI is InChI=1S/C25H22ClN3O3S/c1-32-21-9-7-17(26)14-19(21)24(31)29-12-10-16(11-13-29)23(30)28-25-27-20-8-6-15-4-2-3-5-18(15)22(20)33-25/h2-9,14,16H,10-13H2,1H3,(H,27,28,30). The van der Waals surface area contributed by atoms with Crippen LogP contribution in [0, 0.1) is 5.92 Å². The Morgan fingerprint density at radius 3 is 2.70 bits per heavy atom. The summed E-state index contributed by atoms with van der Waals surface area (Å²) in [6.45, 7) is 0.994. The van der Waals surface area contributed by atoms with E-state index in [0.29, 0.717) is 47.4 Å². The van der Waals surface area contributed by atoms with Crippen LogP contribution in [0.15, 0.2) is 54.6 Å². The molecule has 0 spiro atoms. The molecule has 1 saturated heterocycles. The lowest BCUT2D eigenvalue weighted by atomic mass is 9.95. The second-order valence-corrected chi connectivity index (χ2v) is 9.49. The number of methoxy groups -OCH3 is 1. The van der Waals surface area contributed by atoms with Gasteiger partial charge in [-0.1, -0.05) is 53.3 Å². The summed E-state index contributed by atoms with van der Waals surface area (Å²) in [5, 5.41) is 6.37. The Morgan fingerprint density at radius 1 is 1.12 bits per heavy atom. The van der Waals surface area contributed by atoms with E-state index in [0.717, 1.165) is 21.0 Å². The van der Waals surface area contributed by atoms with E-state index in [1.54, 1.807) is 23.1 Å². The van der Waals surface area contributed by atoms with Crippen molar-refractivity contribution in [2.75, 3.05) is 25.5 Å². The summed E-state index contributed by atoms with van der Waals surface area (Å²) in [6, 6.07) is 17.2. The third-order valence-electron chi connectivity index (χ3n) is 6.05. The van der Waals surface area contributed by atoms with Gasteiger partial charge in [-0.3, -0.25) is 9.59 Å². The number of ether oxygens (including phenoxy) is 1. The molecule has 1 fully saturated rings. The van der Waals surface area contributed by atoms with Gasteiger partial charge in [0.25, 0.3) is 5.91 Å². The number of piperidine rings is 1. The monoisotopic (exact) mass is 479 g/mol. The first-order chi connectivity index (χ1) is 16.0. The van der Waals surface area contributed by atoms with E-state index in [1.165, 1.54) is 18.4 Å². The second-order valence-electron chi connectivity index (χ2n) is 8.05. The second kappa shape index (κ2) is 9.00. The third kappa shape index (κ3) is 4.26. The van der Waals surface area contributed by atoms with Gasteiger partial charge in [-0.2, -0.15) is 0 Å². The zero-order valence-electron chi connectivity index (χ0n) is 18.0. The number of anilines is 1. The Balaban J connectivity index is 1.25. The molecule has 0 unspecified atom stereocenters. The van der Waals surface area contributed by atoms with Gasteiger partial charge in [-0.25, -0.2) is 4.98 Å². The molecule has 1 aromatic heterocycles. The van der Waals surface area contributed by atoms with Crippen LogP contribution in [0.3, 0.4) is 0 Å². The van der Waals surface area contributed by atoms with Crippen LogP contribution in [0.25, 0.3) is 21.0 Å². The van der Waals surface area contributed by atoms with Crippen LogP contribution in [-0.2, 0) is 4.79 Å². The fraction of sp³-hybridized carbons (Fsp3) is 0.240.